The zero-order valence-corrected chi connectivity index (χ0v) is 18.5. The van der Waals surface area contributed by atoms with E-state index in [1.54, 1.807) is 9.58 Å². The fraction of sp³-hybridized carbons (Fsp3) is 0.231. The van der Waals surface area contributed by atoms with Gasteiger partial charge in [0.15, 0.2) is 5.69 Å². The van der Waals surface area contributed by atoms with E-state index in [4.69, 9.17) is 0 Å². The van der Waals surface area contributed by atoms with Gasteiger partial charge in [-0.1, -0.05) is 42.5 Å². The van der Waals surface area contributed by atoms with Crippen LogP contribution in [0.4, 0.5) is 0 Å². The molecule has 0 spiro atoms. The lowest BCUT2D eigenvalue weighted by Gasteiger charge is -2.34. The molecule has 2 aromatic heterocycles. The van der Waals surface area contributed by atoms with Crippen LogP contribution in [0.2, 0.25) is 0 Å². The van der Waals surface area contributed by atoms with Crippen LogP contribution in [0.15, 0.2) is 77.7 Å². The standard InChI is InChI=1S/C26H25N5O2/c1-19-17-23(32)25(28-31(19)22-10-3-2-4-11-22)26(33)30-15-13-29(14-16-30)18-21-8-5-7-20-9-6-12-27-24(20)21/h2-12,17H,13-16,18H2,1H3. The molecule has 0 radical (unpaired) electrons. The monoisotopic (exact) mass is 439 g/mol. The van der Waals surface area contributed by atoms with Crippen LogP contribution in [-0.2, 0) is 6.54 Å². The molecule has 1 fully saturated rings. The molecule has 1 saturated heterocycles. The van der Waals surface area contributed by atoms with Crippen LogP contribution in [-0.4, -0.2) is 56.7 Å². The predicted octanol–water partition coefficient (Wildman–Crippen LogP) is 3.05. The van der Waals surface area contributed by atoms with Gasteiger partial charge in [-0.05, 0) is 30.7 Å². The number of aryl methyl sites for hydroxylation is 1. The SMILES string of the molecule is Cc1cc(=O)c(C(=O)N2CCN(Cc3cccc4cccnc34)CC2)nn1-c1ccccc1. The Balaban J connectivity index is 1.30. The summed E-state index contributed by atoms with van der Waals surface area (Å²) in [5.41, 5.74) is 3.33. The number of fused-ring (bicyclic) bond motifs is 1. The first-order valence-corrected chi connectivity index (χ1v) is 11.1. The van der Waals surface area contributed by atoms with Crippen molar-refractivity contribution in [3.05, 3.63) is 100 Å². The van der Waals surface area contributed by atoms with Crippen molar-refractivity contribution >= 4 is 16.8 Å². The smallest absolute Gasteiger partial charge is 0.278 e. The van der Waals surface area contributed by atoms with E-state index in [1.807, 2.05) is 49.5 Å². The number of rotatable bonds is 4. The van der Waals surface area contributed by atoms with Gasteiger partial charge in [0.1, 0.15) is 0 Å². The van der Waals surface area contributed by atoms with E-state index in [2.05, 4.69) is 39.2 Å². The molecule has 3 heterocycles. The number of benzene rings is 2. The van der Waals surface area contributed by atoms with E-state index in [9.17, 15) is 9.59 Å². The van der Waals surface area contributed by atoms with Crippen molar-refractivity contribution in [3.8, 4) is 5.69 Å². The minimum atomic E-state index is -0.339. The van der Waals surface area contributed by atoms with Crippen molar-refractivity contribution < 1.29 is 4.79 Å². The third kappa shape index (κ3) is 4.27. The molecule has 0 saturated carbocycles. The lowest BCUT2D eigenvalue weighted by atomic mass is 10.1. The molecule has 5 rings (SSSR count). The van der Waals surface area contributed by atoms with Crippen molar-refractivity contribution in [2.75, 3.05) is 26.2 Å². The Kier molecular flexibility index (Phi) is 5.71. The second kappa shape index (κ2) is 8.96. The minimum Gasteiger partial charge on any atom is -0.335 e. The van der Waals surface area contributed by atoms with Gasteiger partial charge in [-0.3, -0.25) is 19.5 Å². The molecule has 33 heavy (non-hydrogen) atoms. The molecule has 7 nitrogen and oxygen atoms in total. The summed E-state index contributed by atoms with van der Waals surface area (Å²) in [6.45, 7) is 5.16. The van der Waals surface area contributed by atoms with Gasteiger partial charge in [-0.2, -0.15) is 5.10 Å². The van der Waals surface area contributed by atoms with Gasteiger partial charge in [0.2, 0.25) is 5.43 Å². The summed E-state index contributed by atoms with van der Waals surface area (Å²) in [6.07, 6.45) is 1.82. The van der Waals surface area contributed by atoms with Crippen molar-refractivity contribution in [2.24, 2.45) is 0 Å². The van der Waals surface area contributed by atoms with Crippen LogP contribution in [0.5, 0.6) is 0 Å². The van der Waals surface area contributed by atoms with Gasteiger partial charge >= 0.3 is 0 Å². The van der Waals surface area contributed by atoms with Gasteiger partial charge < -0.3 is 4.90 Å². The third-order valence-corrected chi connectivity index (χ3v) is 6.08. The normalized spacial score (nSPS) is 14.5. The van der Waals surface area contributed by atoms with E-state index in [1.165, 1.54) is 11.6 Å². The molecule has 0 N–H and O–H groups in total. The molecule has 0 bridgehead atoms. The van der Waals surface area contributed by atoms with Gasteiger partial charge in [0.05, 0.1) is 11.2 Å². The summed E-state index contributed by atoms with van der Waals surface area (Å²) in [5.74, 6) is -0.309. The molecule has 0 atom stereocenters. The largest absolute Gasteiger partial charge is 0.335 e. The first kappa shape index (κ1) is 21.0. The summed E-state index contributed by atoms with van der Waals surface area (Å²) in [6, 6.07) is 21.3. The molecule has 1 amide bonds. The van der Waals surface area contributed by atoms with Crippen LogP contribution in [0.1, 0.15) is 21.7 Å². The molecule has 1 aliphatic heterocycles. The highest BCUT2D eigenvalue weighted by Gasteiger charge is 2.26. The van der Waals surface area contributed by atoms with Crippen molar-refractivity contribution in [3.63, 3.8) is 0 Å². The molecular weight excluding hydrogens is 414 g/mol. The number of carbonyl (C=O) groups excluding carboxylic acids is 1. The second-order valence-electron chi connectivity index (χ2n) is 8.31. The Morgan fingerprint density at radius 1 is 0.939 bits per heavy atom. The second-order valence-corrected chi connectivity index (χ2v) is 8.31. The minimum absolute atomic E-state index is 0.0313. The van der Waals surface area contributed by atoms with Crippen LogP contribution in [0, 0.1) is 6.92 Å². The molecule has 7 heteroatoms. The van der Waals surface area contributed by atoms with Gasteiger partial charge in [-0.25, -0.2) is 4.68 Å². The van der Waals surface area contributed by atoms with Crippen LogP contribution in [0.25, 0.3) is 16.6 Å². The van der Waals surface area contributed by atoms with Crippen LogP contribution >= 0.6 is 0 Å². The lowest BCUT2D eigenvalue weighted by Crippen LogP contribution is -2.49. The first-order valence-electron chi connectivity index (χ1n) is 11.1. The predicted molar refractivity (Wildman–Crippen MR) is 127 cm³/mol. The number of pyridine rings is 1. The summed E-state index contributed by atoms with van der Waals surface area (Å²) in [4.78, 5) is 34.4. The molecule has 2 aromatic carbocycles. The van der Waals surface area contributed by atoms with E-state index in [-0.39, 0.29) is 17.0 Å². The Morgan fingerprint density at radius 3 is 2.48 bits per heavy atom. The number of aromatic nitrogens is 3. The van der Waals surface area contributed by atoms with Gasteiger partial charge in [-0.15, -0.1) is 0 Å². The Morgan fingerprint density at radius 2 is 1.70 bits per heavy atom. The molecule has 0 aliphatic carbocycles. The first-order chi connectivity index (χ1) is 16.1. The Hall–Kier alpha value is -3.84. The van der Waals surface area contributed by atoms with Crippen LogP contribution < -0.4 is 5.43 Å². The maximum atomic E-state index is 13.2. The highest BCUT2D eigenvalue weighted by Crippen LogP contribution is 2.19. The molecule has 0 unspecified atom stereocenters. The lowest BCUT2D eigenvalue weighted by molar-refractivity contribution is 0.0619. The molecule has 1 aliphatic rings. The quantitative estimate of drug-likeness (QED) is 0.489. The summed E-state index contributed by atoms with van der Waals surface area (Å²) in [5, 5.41) is 5.56. The number of piperazine rings is 1. The molecule has 166 valence electrons. The fourth-order valence-corrected chi connectivity index (χ4v) is 4.32. The number of para-hydroxylation sites is 2. The zero-order chi connectivity index (χ0) is 22.8. The van der Waals surface area contributed by atoms with E-state index in [0.29, 0.717) is 18.8 Å². The number of amides is 1. The van der Waals surface area contributed by atoms with E-state index < -0.39 is 0 Å². The van der Waals surface area contributed by atoms with Crippen molar-refractivity contribution in [2.45, 2.75) is 13.5 Å². The number of hydrogen-bond donors (Lipinski definition) is 0. The van der Waals surface area contributed by atoms with Gasteiger partial charge in [0.25, 0.3) is 5.91 Å². The van der Waals surface area contributed by atoms with Crippen molar-refractivity contribution in [1.82, 2.24) is 24.6 Å². The maximum Gasteiger partial charge on any atom is 0.278 e. The average molecular weight is 440 g/mol. The molecule has 4 aromatic rings. The topological polar surface area (TPSA) is 71.3 Å². The Bertz CT molecular complexity index is 1350. The third-order valence-electron chi connectivity index (χ3n) is 6.08. The maximum absolute atomic E-state index is 13.2. The summed E-state index contributed by atoms with van der Waals surface area (Å²) < 4.78 is 1.65. The van der Waals surface area contributed by atoms with Crippen LogP contribution in [0.3, 0.4) is 0 Å². The highest BCUT2D eigenvalue weighted by molar-refractivity contribution is 5.92. The zero-order valence-electron chi connectivity index (χ0n) is 18.5. The summed E-state index contributed by atoms with van der Waals surface area (Å²) >= 11 is 0. The fourth-order valence-electron chi connectivity index (χ4n) is 4.32. The Labute approximate surface area is 191 Å². The summed E-state index contributed by atoms with van der Waals surface area (Å²) in [7, 11) is 0. The van der Waals surface area contributed by atoms with E-state index >= 15 is 0 Å². The highest BCUT2D eigenvalue weighted by atomic mass is 16.2. The van der Waals surface area contributed by atoms with E-state index in [0.717, 1.165) is 36.2 Å². The van der Waals surface area contributed by atoms with Gasteiger partial charge in [0, 0.05) is 56.1 Å². The number of carbonyl (C=O) groups is 1. The molecular formula is C26H25N5O2. The number of hydrogen-bond acceptors (Lipinski definition) is 5. The number of nitrogens with zero attached hydrogens (tertiary/aromatic N) is 5. The average Bonchev–Trinajstić information content (AvgIpc) is 2.85. The van der Waals surface area contributed by atoms with Crippen molar-refractivity contribution in [1.29, 1.82) is 0 Å².